The monoisotopic (exact) mass is 366 g/mol. The van der Waals surface area contributed by atoms with E-state index in [0.29, 0.717) is 5.92 Å². The van der Waals surface area contributed by atoms with E-state index in [1.807, 2.05) is 11.8 Å². The SMILES string of the molecule is CSCCCN1CCC(c2nnc(CN3CCN(C)CC3)n2C)CC1. The molecule has 142 valence electrons. The van der Waals surface area contributed by atoms with E-state index < -0.39 is 0 Å². The molecule has 0 aromatic carbocycles. The lowest BCUT2D eigenvalue weighted by Gasteiger charge is -2.32. The maximum absolute atomic E-state index is 4.57. The van der Waals surface area contributed by atoms with E-state index in [0.717, 1.165) is 38.5 Å². The van der Waals surface area contributed by atoms with E-state index in [1.54, 1.807) is 0 Å². The highest BCUT2D eigenvalue weighted by atomic mass is 32.2. The molecule has 0 radical (unpaired) electrons. The molecule has 2 saturated heterocycles. The molecule has 3 rings (SSSR count). The number of thioether (sulfide) groups is 1. The van der Waals surface area contributed by atoms with Crippen molar-refractivity contribution in [2.24, 2.45) is 7.05 Å². The minimum Gasteiger partial charge on any atom is -0.317 e. The van der Waals surface area contributed by atoms with Gasteiger partial charge in [-0.25, -0.2) is 0 Å². The van der Waals surface area contributed by atoms with Gasteiger partial charge in [-0.15, -0.1) is 10.2 Å². The summed E-state index contributed by atoms with van der Waals surface area (Å²) in [5.41, 5.74) is 0. The van der Waals surface area contributed by atoms with Gasteiger partial charge in [0.2, 0.25) is 0 Å². The smallest absolute Gasteiger partial charge is 0.146 e. The maximum Gasteiger partial charge on any atom is 0.146 e. The number of likely N-dealkylation sites (N-methyl/N-ethyl adjacent to an activating group) is 1. The Hall–Kier alpha value is -0.630. The van der Waals surface area contributed by atoms with Crippen molar-refractivity contribution in [3.05, 3.63) is 11.6 Å². The third kappa shape index (κ3) is 5.18. The van der Waals surface area contributed by atoms with Crippen molar-refractivity contribution >= 4 is 11.8 Å². The molecule has 6 nitrogen and oxygen atoms in total. The third-order valence-electron chi connectivity index (χ3n) is 5.74. The van der Waals surface area contributed by atoms with E-state index in [9.17, 15) is 0 Å². The van der Waals surface area contributed by atoms with Gasteiger partial charge in [0.05, 0.1) is 6.54 Å². The first-order valence-corrected chi connectivity index (χ1v) is 11.1. The number of piperidine rings is 1. The quantitative estimate of drug-likeness (QED) is 0.681. The number of likely N-dealkylation sites (tertiary alicyclic amines) is 1. The summed E-state index contributed by atoms with van der Waals surface area (Å²) in [5.74, 6) is 4.18. The molecular weight excluding hydrogens is 332 g/mol. The summed E-state index contributed by atoms with van der Waals surface area (Å²) in [6, 6.07) is 0. The lowest BCUT2D eigenvalue weighted by molar-refractivity contribution is 0.144. The maximum atomic E-state index is 4.57. The van der Waals surface area contributed by atoms with Crippen LogP contribution < -0.4 is 0 Å². The predicted molar refractivity (Wildman–Crippen MR) is 105 cm³/mol. The molecule has 0 spiro atoms. The molecule has 2 aliphatic heterocycles. The van der Waals surface area contributed by atoms with Crippen molar-refractivity contribution in [2.75, 3.05) is 64.9 Å². The zero-order chi connectivity index (χ0) is 17.6. The topological polar surface area (TPSA) is 40.4 Å². The van der Waals surface area contributed by atoms with E-state index >= 15 is 0 Å². The molecule has 1 aromatic rings. The van der Waals surface area contributed by atoms with Gasteiger partial charge in [-0.05, 0) is 58.0 Å². The first kappa shape index (κ1) is 19.1. The van der Waals surface area contributed by atoms with Crippen LogP contribution in [0.5, 0.6) is 0 Å². The molecule has 25 heavy (non-hydrogen) atoms. The van der Waals surface area contributed by atoms with Gasteiger partial charge < -0.3 is 14.4 Å². The van der Waals surface area contributed by atoms with Crippen molar-refractivity contribution in [2.45, 2.75) is 31.7 Å². The van der Waals surface area contributed by atoms with Crippen LogP contribution in [0.4, 0.5) is 0 Å². The minimum absolute atomic E-state index is 0.579. The Morgan fingerprint density at radius 2 is 1.68 bits per heavy atom. The average Bonchev–Trinajstić information content (AvgIpc) is 2.98. The molecule has 2 fully saturated rings. The Balaban J connectivity index is 1.50. The van der Waals surface area contributed by atoms with Crippen molar-refractivity contribution in [3.8, 4) is 0 Å². The third-order valence-corrected chi connectivity index (χ3v) is 6.43. The highest BCUT2D eigenvalue weighted by Gasteiger charge is 2.25. The summed E-state index contributed by atoms with van der Waals surface area (Å²) in [5, 5.41) is 9.10. The summed E-state index contributed by atoms with van der Waals surface area (Å²) in [4.78, 5) is 7.52. The summed E-state index contributed by atoms with van der Waals surface area (Å²) in [6.45, 7) is 9.17. The normalized spacial score (nSPS) is 21.9. The first-order chi connectivity index (χ1) is 12.2. The molecule has 3 heterocycles. The largest absolute Gasteiger partial charge is 0.317 e. The van der Waals surface area contributed by atoms with E-state index in [4.69, 9.17) is 0 Å². The fourth-order valence-electron chi connectivity index (χ4n) is 3.92. The van der Waals surface area contributed by atoms with Crippen molar-refractivity contribution in [1.29, 1.82) is 0 Å². The number of hydrogen-bond donors (Lipinski definition) is 0. The molecule has 0 aliphatic carbocycles. The van der Waals surface area contributed by atoms with Crippen LogP contribution in [-0.4, -0.2) is 94.3 Å². The summed E-state index contributed by atoms with van der Waals surface area (Å²) in [7, 11) is 4.36. The van der Waals surface area contributed by atoms with Crippen LogP contribution in [0.3, 0.4) is 0 Å². The van der Waals surface area contributed by atoms with Gasteiger partial charge in [-0.3, -0.25) is 4.90 Å². The molecule has 1 aromatic heterocycles. The lowest BCUT2D eigenvalue weighted by atomic mass is 9.96. The molecule has 0 bridgehead atoms. The molecule has 0 amide bonds. The molecule has 0 unspecified atom stereocenters. The van der Waals surface area contributed by atoms with Crippen LogP contribution in [0.25, 0.3) is 0 Å². The van der Waals surface area contributed by atoms with E-state index in [1.165, 1.54) is 50.5 Å². The van der Waals surface area contributed by atoms with Gasteiger partial charge in [0.1, 0.15) is 11.6 Å². The van der Waals surface area contributed by atoms with E-state index in [-0.39, 0.29) is 0 Å². The lowest BCUT2D eigenvalue weighted by Crippen LogP contribution is -2.44. The van der Waals surface area contributed by atoms with Crippen LogP contribution in [0, 0.1) is 0 Å². The Bertz CT molecular complexity index is 518. The Kier molecular flexibility index (Phi) is 7.16. The highest BCUT2D eigenvalue weighted by molar-refractivity contribution is 7.98. The highest BCUT2D eigenvalue weighted by Crippen LogP contribution is 2.27. The van der Waals surface area contributed by atoms with Gasteiger partial charge >= 0.3 is 0 Å². The number of aromatic nitrogens is 3. The molecule has 7 heteroatoms. The number of hydrogen-bond acceptors (Lipinski definition) is 6. The van der Waals surface area contributed by atoms with Crippen molar-refractivity contribution < 1.29 is 0 Å². The van der Waals surface area contributed by atoms with Crippen LogP contribution in [0.15, 0.2) is 0 Å². The number of nitrogens with zero attached hydrogens (tertiary/aromatic N) is 6. The number of rotatable bonds is 7. The Labute approximate surface area is 156 Å². The fraction of sp³-hybridized carbons (Fsp3) is 0.889. The van der Waals surface area contributed by atoms with Crippen LogP contribution >= 0.6 is 11.8 Å². The first-order valence-electron chi connectivity index (χ1n) is 9.67. The second-order valence-electron chi connectivity index (χ2n) is 7.58. The van der Waals surface area contributed by atoms with Gasteiger partial charge in [0.25, 0.3) is 0 Å². The Morgan fingerprint density at radius 3 is 2.36 bits per heavy atom. The summed E-state index contributed by atoms with van der Waals surface area (Å²) in [6.07, 6.45) is 5.95. The Morgan fingerprint density at radius 1 is 0.960 bits per heavy atom. The minimum atomic E-state index is 0.579. The second-order valence-corrected chi connectivity index (χ2v) is 8.56. The summed E-state index contributed by atoms with van der Waals surface area (Å²) >= 11 is 1.95. The molecule has 0 N–H and O–H groups in total. The second kappa shape index (κ2) is 9.35. The standard InChI is InChI=1S/C18H34N6S/c1-21-10-12-24(13-11-21)15-17-19-20-18(22(17)2)16-5-8-23(9-6-16)7-4-14-25-3/h16H,4-15H2,1-3H3. The molecule has 0 atom stereocenters. The zero-order valence-electron chi connectivity index (χ0n) is 16.2. The van der Waals surface area contributed by atoms with E-state index in [2.05, 4.69) is 49.8 Å². The number of piperazine rings is 1. The average molecular weight is 367 g/mol. The fourth-order valence-corrected chi connectivity index (χ4v) is 4.34. The van der Waals surface area contributed by atoms with Crippen LogP contribution in [0.2, 0.25) is 0 Å². The predicted octanol–water partition coefficient (Wildman–Crippen LogP) is 1.50. The zero-order valence-corrected chi connectivity index (χ0v) is 17.0. The summed E-state index contributed by atoms with van der Waals surface area (Å²) < 4.78 is 2.27. The van der Waals surface area contributed by atoms with Crippen molar-refractivity contribution in [1.82, 2.24) is 29.5 Å². The molecule has 2 aliphatic rings. The van der Waals surface area contributed by atoms with Gasteiger partial charge in [-0.2, -0.15) is 11.8 Å². The van der Waals surface area contributed by atoms with Gasteiger partial charge in [0, 0.05) is 39.1 Å². The molecular formula is C18H34N6S. The van der Waals surface area contributed by atoms with Crippen molar-refractivity contribution in [3.63, 3.8) is 0 Å². The molecule has 0 saturated carbocycles. The van der Waals surface area contributed by atoms with Crippen LogP contribution in [-0.2, 0) is 13.6 Å². The van der Waals surface area contributed by atoms with Crippen LogP contribution in [0.1, 0.15) is 36.8 Å². The van der Waals surface area contributed by atoms with Gasteiger partial charge in [0.15, 0.2) is 0 Å². The van der Waals surface area contributed by atoms with Gasteiger partial charge in [-0.1, -0.05) is 0 Å².